The van der Waals surface area contributed by atoms with Crippen LogP contribution >= 0.6 is 11.6 Å². The number of amides is 1. The van der Waals surface area contributed by atoms with Crippen LogP contribution in [-0.2, 0) is 4.74 Å². The Morgan fingerprint density at radius 3 is 1.93 bits per heavy atom. The first-order chi connectivity index (χ1) is 20.1. The second-order valence-corrected chi connectivity index (χ2v) is 9.98. The van der Waals surface area contributed by atoms with Crippen LogP contribution in [0.4, 0.5) is 50.4 Å². The Morgan fingerprint density at radius 1 is 0.786 bits per heavy atom. The number of rotatable bonds is 6. The van der Waals surface area contributed by atoms with Gasteiger partial charge in [0.05, 0.1) is 40.1 Å². The summed E-state index contributed by atoms with van der Waals surface area (Å²) < 4.78 is 74.7. The number of carbonyl (C=O) groups is 1. The maximum Gasteiger partial charge on any atom is 0.270 e. The van der Waals surface area contributed by atoms with E-state index in [4.69, 9.17) is 16.3 Å². The molecule has 0 aliphatic carbocycles. The van der Waals surface area contributed by atoms with E-state index in [1.54, 1.807) is 17.0 Å². The molecule has 42 heavy (non-hydrogen) atoms. The minimum Gasteiger partial charge on any atom is -0.378 e. The van der Waals surface area contributed by atoms with E-state index >= 15 is 0 Å². The summed E-state index contributed by atoms with van der Waals surface area (Å²) in [5.74, 6) is -10.6. The van der Waals surface area contributed by atoms with Gasteiger partial charge in [0.1, 0.15) is 5.69 Å². The zero-order valence-electron chi connectivity index (χ0n) is 21.8. The Kier molecular flexibility index (Phi) is 8.36. The molecule has 0 atom stereocenters. The Balaban J connectivity index is 1.31. The summed E-state index contributed by atoms with van der Waals surface area (Å²) >= 11 is 6.50. The van der Waals surface area contributed by atoms with Gasteiger partial charge in [0.25, 0.3) is 11.6 Å². The van der Waals surface area contributed by atoms with E-state index in [1.807, 2.05) is 4.90 Å². The van der Waals surface area contributed by atoms with Crippen molar-refractivity contribution in [2.45, 2.75) is 0 Å². The molecule has 2 saturated heterocycles. The standard InChI is InChI=1S/C27H23ClF5N5O4/c28-18-13-15(34-27(39)17-14-16(38(40)41)2-4-19(17)36-9-11-42-12-10-36)1-3-20(18)35-5-7-37(8-6-35)26-24(32)22(30)21(29)23(31)25(26)33/h1-4,13-14H,5-12H2,(H,34,39). The van der Waals surface area contributed by atoms with Crippen molar-refractivity contribution in [1.29, 1.82) is 0 Å². The van der Waals surface area contributed by atoms with Crippen molar-refractivity contribution in [3.8, 4) is 0 Å². The van der Waals surface area contributed by atoms with Crippen LogP contribution in [0.25, 0.3) is 0 Å². The molecule has 1 N–H and O–H groups in total. The van der Waals surface area contributed by atoms with Crippen molar-refractivity contribution >= 4 is 45.9 Å². The summed E-state index contributed by atoms with van der Waals surface area (Å²) in [6.45, 7) is 2.12. The number of nitro groups is 1. The molecule has 1 amide bonds. The molecule has 0 saturated carbocycles. The van der Waals surface area contributed by atoms with Gasteiger partial charge in [0, 0.05) is 57.1 Å². The summed E-state index contributed by atoms with van der Waals surface area (Å²) in [7, 11) is 0. The van der Waals surface area contributed by atoms with Gasteiger partial charge in [-0.05, 0) is 24.3 Å². The van der Waals surface area contributed by atoms with Crippen molar-refractivity contribution in [2.24, 2.45) is 0 Å². The number of non-ortho nitro benzene ring substituents is 1. The molecule has 2 fully saturated rings. The van der Waals surface area contributed by atoms with Crippen molar-refractivity contribution in [2.75, 3.05) is 72.5 Å². The summed E-state index contributed by atoms with van der Waals surface area (Å²) in [6, 6.07) is 8.74. The van der Waals surface area contributed by atoms with E-state index in [0.29, 0.717) is 43.4 Å². The fourth-order valence-electron chi connectivity index (χ4n) is 4.98. The monoisotopic (exact) mass is 611 g/mol. The SMILES string of the molecule is O=C(Nc1ccc(N2CCN(c3c(F)c(F)c(F)c(F)c3F)CC2)c(Cl)c1)c1cc([N+](=O)[O-])ccc1N1CCOCC1. The van der Waals surface area contributed by atoms with Crippen LogP contribution in [0.3, 0.4) is 0 Å². The molecule has 2 heterocycles. The molecule has 0 aromatic heterocycles. The molecule has 9 nitrogen and oxygen atoms in total. The number of nitrogens with zero attached hydrogens (tertiary/aromatic N) is 4. The lowest BCUT2D eigenvalue weighted by Crippen LogP contribution is -2.47. The quantitative estimate of drug-likeness (QED) is 0.132. The second kappa shape index (κ2) is 12.0. The number of anilines is 4. The second-order valence-electron chi connectivity index (χ2n) is 9.57. The van der Waals surface area contributed by atoms with Gasteiger partial charge in [0.2, 0.25) is 5.82 Å². The number of carbonyl (C=O) groups excluding carboxylic acids is 1. The molecule has 0 bridgehead atoms. The molecule has 2 aliphatic rings. The van der Waals surface area contributed by atoms with Gasteiger partial charge in [0.15, 0.2) is 23.3 Å². The van der Waals surface area contributed by atoms with Crippen LogP contribution in [0.2, 0.25) is 5.02 Å². The lowest BCUT2D eigenvalue weighted by Gasteiger charge is -2.38. The van der Waals surface area contributed by atoms with Crippen LogP contribution in [-0.4, -0.2) is 63.3 Å². The van der Waals surface area contributed by atoms with E-state index in [2.05, 4.69) is 5.32 Å². The smallest absolute Gasteiger partial charge is 0.270 e. The number of nitrogens with one attached hydrogen (secondary N) is 1. The van der Waals surface area contributed by atoms with Crippen molar-refractivity contribution in [1.82, 2.24) is 0 Å². The van der Waals surface area contributed by atoms with Crippen LogP contribution in [0.1, 0.15) is 10.4 Å². The van der Waals surface area contributed by atoms with E-state index in [9.17, 15) is 36.9 Å². The van der Waals surface area contributed by atoms with Gasteiger partial charge in [-0.15, -0.1) is 0 Å². The van der Waals surface area contributed by atoms with Gasteiger partial charge >= 0.3 is 0 Å². The predicted molar refractivity (Wildman–Crippen MR) is 146 cm³/mol. The van der Waals surface area contributed by atoms with E-state index in [0.717, 1.165) is 4.90 Å². The Hall–Kier alpha value is -4.17. The zero-order valence-corrected chi connectivity index (χ0v) is 22.6. The number of hydrogen-bond acceptors (Lipinski definition) is 7. The highest BCUT2D eigenvalue weighted by molar-refractivity contribution is 6.33. The molecule has 5 rings (SSSR count). The lowest BCUT2D eigenvalue weighted by molar-refractivity contribution is -0.384. The molecule has 15 heteroatoms. The highest BCUT2D eigenvalue weighted by Gasteiger charge is 2.31. The summed E-state index contributed by atoms with van der Waals surface area (Å²) in [5, 5.41) is 14.3. The average Bonchev–Trinajstić information content (AvgIpc) is 3.00. The van der Waals surface area contributed by atoms with Crippen molar-refractivity contribution in [3.63, 3.8) is 0 Å². The third kappa shape index (κ3) is 5.63. The zero-order chi connectivity index (χ0) is 30.1. The molecular formula is C27H23ClF5N5O4. The maximum atomic E-state index is 14.3. The van der Waals surface area contributed by atoms with Gasteiger partial charge < -0.3 is 24.8 Å². The van der Waals surface area contributed by atoms with E-state index < -0.39 is 45.6 Å². The summed E-state index contributed by atoms with van der Waals surface area (Å²) in [4.78, 5) is 28.8. The minimum absolute atomic E-state index is 0.0513. The normalized spacial score (nSPS) is 15.6. The number of nitro benzene ring substituents is 1. The van der Waals surface area contributed by atoms with Crippen molar-refractivity contribution < 1.29 is 36.4 Å². The Morgan fingerprint density at radius 2 is 1.33 bits per heavy atom. The highest BCUT2D eigenvalue weighted by Crippen LogP contribution is 2.34. The van der Waals surface area contributed by atoms with Crippen LogP contribution in [0, 0.1) is 39.2 Å². The number of morpholine rings is 1. The number of halogens is 6. The van der Waals surface area contributed by atoms with Crippen LogP contribution in [0.15, 0.2) is 36.4 Å². The predicted octanol–water partition coefficient (Wildman–Crippen LogP) is 5.36. The van der Waals surface area contributed by atoms with Gasteiger partial charge in [-0.3, -0.25) is 14.9 Å². The Labute approximate surface area is 241 Å². The van der Waals surface area contributed by atoms with E-state index in [-0.39, 0.29) is 42.5 Å². The van der Waals surface area contributed by atoms with Gasteiger partial charge in [-0.25, -0.2) is 22.0 Å². The molecule has 0 unspecified atom stereocenters. The van der Waals surface area contributed by atoms with Gasteiger partial charge in [-0.2, -0.15) is 0 Å². The molecule has 3 aromatic rings. The summed E-state index contributed by atoms with van der Waals surface area (Å²) in [5.41, 5.74) is 0.249. The number of piperazine rings is 1. The first kappa shape index (κ1) is 29.3. The molecule has 222 valence electrons. The number of hydrogen-bond donors (Lipinski definition) is 1. The van der Waals surface area contributed by atoms with Crippen LogP contribution in [0.5, 0.6) is 0 Å². The molecular weight excluding hydrogens is 589 g/mol. The molecule has 0 spiro atoms. The number of ether oxygens (including phenoxy) is 1. The van der Waals surface area contributed by atoms with Crippen molar-refractivity contribution in [3.05, 3.63) is 86.2 Å². The molecule has 2 aliphatic heterocycles. The first-order valence-corrected chi connectivity index (χ1v) is 13.2. The Bertz CT molecular complexity index is 1520. The topological polar surface area (TPSA) is 91.2 Å². The fraction of sp³-hybridized carbons (Fsp3) is 0.296. The third-order valence-electron chi connectivity index (χ3n) is 7.12. The maximum absolute atomic E-state index is 14.3. The number of benzene rings is 3. The lowest BCUT2D eigenvalue weighted by atomic mass is 10.1. The average molecular weight is 612 g/mol. The van der Waals surface area contributed by atoms with E-state index in [1.165, 1.54) is 24.3 Å². The first-order valence-electron chi connectivity index (χ1n) is 12.8. The largest absolute Gasteiger partial charge is 0.378 e. The molecule has 3 aromatic carbocycles. The highest BCUT2D eigenvalue weighted by atomic mass is 35.5. The minimum atomic E-state index is -2.21. The third-order valence-corrected chi connectivity index (χ3v) is 7.42. The summed E-state index contributed by atoms with van der Waals surface area (Å²) in [6.07, 6.45) is 0. The van der Waals surface area contributed by atoms with Crippen LogP contribution < -0.4 is 20.0 Å². The van der Waals surface area contributed by atoms with Gasteiger partial charge in [-0.1, -0.05) is 11.6 Å². The molecule has 0 radical (unpaired) electrons. The fourth-order valence-corrected chi connectivity index (χ4v) is 5.28.